The molecular weight excluding hydrogens is 270 g/mol. The summed E-state index contributed by atoms with van der Waals surface area (Å²) in [5, 5.41) is 5.84. The van der Waals surface area contributed by atoms with Crippen LogP contribution in [0.15, 0.2) is 52.7 Å². The van der Waals surface area contributed by atoms with Crippen molar-refractivity contribution in [3.05, 3.63) is 52.7 Å². The third kappa shape index (κ3) is 4.68. The van der Waals surface area contributed by atoms with E-state index in [9.17, 15) is 0 Å². The summed E-state index contributed by atoms with van der Waals surface area (Å²) >= 11 is 3.76. The van der Waals surface area contributed by atoms with Gasteiger partial charge in [-0.3, -0.25) is 0 Å². The van der Waals surface area contributed by atoms with Gasteiger partial charge in [-0.1, -0.05) is 38.1 Å². The van der Waals surface area contributed by atoms with Crippen molar-refractivity contribution in [2.75, 3.05) is 12.3 Å². The van der Waals surface area contributed by atoms with Crippen molar-refractivity contribution in [1.82, 2.24) is 5.32 Å². The molecule has 0 aliphatic heterocycles. The molecule has 1 N–H and O–H groups in total. The van der Waals surface area contributed by atoms with Crippen LogP contribution >= 0.6 is 23.1 Å². The van der Waals surface area contributed by atoms with E-state index in [1.54, 1.807) is 0 Å². The van der Waals surface area contributed by atoms with Crippen molar-refractivity contribution >= 4 is 23.1 Å². The van der Waals surface area contributed by atoms with E-state index in [4.69, 9.17) is 0 Å². The van der Waals surface area contributed by atoms with Crippen LogP contribution in [0.3, 0.4) is 0 Å². The van der Waals surface area contributed by atoms with E-state index < -0.39 is 0 Å². The molecule has 0 aliphatic rings. The van der Waals surface area contributed by atoms with E-state index >= 15 is 0 Å². The van der Waals surface area contributed by atoms with Crippen molar-refractivity contribution in [3.63, 3.8) is 0 Å². The molecule has 0 spiro atoms. The van der Waals surface area contributed by atoms with E-state index in [1.165, 1.54) is 9.77 Å². The first-order valence-corrected chi connectivity index (χ1v) is 8.58. The van der Waals surface area contributed by atoms with Gasteiger partial charge in [-0.15, -0.1) is 23.1 Å². The van der Waals surface area contributed by atoms with Gasteiger partial charge in [-0.05, 0) is 29.5 Å². The van der Waals surface area contributed by atoms with Gasteiger partial charge >= 0.3 is 0 Å². The summed E-state index contributed by atoms with van der Waals surface area (Å²) in [6.07, 6.45) is 0. The molecule has 1 unspecified atom stereocenters. The van der Waals surface area contributed by atoms with Crippen LogP contribution in [0.1, 0.15) is 24.8 Å². The Bertz CT molecular complexity index is 451. The zero-order valence-electron chi connectivity index (χ0n) is 11.5. The SMILES string of the molecule is CC(C)C(NCCSc1ccccc1)c1cccs1. The molecule has 0 fully saturated rings. The van der Waals surface area contributed by atoms with E-state index in [0.29, 0.717) is 12.0 Å². The van der Waals surface area contributed by atoms with Crippen LogP contribution in [0.25, 0.3) is 0 Å². The number of nitrogens with one attached hydrogen (secondary N) is 1. The van der Waals surface area contributed by atoms with Crippen molar-refractivity contribution < 1.29 is 0 Å². The molecule has 0 aliphatic carbocycles. The first kappa shape index (κ1) is 14.6. The lowest BCUT2D eigenvalue weighted by Gasteiger charge is -2.21. The summed E-state index contributed by atoms with van der Waals surface area (Å²) in [4.78, 5) is 2.79. The quantitative estimate of drug-likeness (QED) is 0.579. The van der Waals surface area contributed by atoms with Gasteiger partial charge in [-0.2, -0.15) is 0 Å². The Hall–Kier alpha value is -0.770. The Morgan fingerprint density at radius 1 is 1.11 bits per heavy atom. The molecule has 0 saturated heterocycles. The third-order valence-corrected chi connectivity index (χ3v) is 4.96. The van der Waals surface area contributed by atoms with Crippen LogP contribution in [0, 0.1) is 5.92 Å². The number of thiophene rings is 1. The maximum absolute atomic E-state index is 3.68. The highest BCUT2D eigenvalue weighted by atomic mass is 32.2. The highest BCUT2D eigenvalue weighted by Crippen LogP contribution is 2.26. The minimum atomic E-state index is 0.483. The molecule has 0 radical (unpaired) electrons. The second-order valence-electron chi connectivity index (χ2n) is 4.85. The number of benzene rings is 1. The molecule has 2 aromatic rings. The van der Waals surface area contributed by atoms with E-state index in [2.05, 4.69) is 67.0 Å². The molecule has 1 heterocycles. The Balaban J connectivity index is 1.77. The molecule has 2 rings (SSSR count). The zero-order chi connectivity index (χ0) is 13.5. The standard InChI is InChI=1S/C16H21NS2/c1-13(2)16(15-9-6-11-19-15)17-10-12-18-14-7-4-3-5-8-14/h3-9,11,13,16-17H,10,12H2,1-2H3. The lowest BCUT2D eigenvalue weighted by Crippen LogP contribution is -2.27. The number of hydrogen-bond acceptors (Lipinski definition) is 3. The lowest BCUT2D eigenvalue weighted by atomic mass is 10.0. The summed E-state index contributed by atoms with van der Waals surface area (Å²) in [6.45, 7) is 5.60. The van der Waals surface area contributed by atoms with Crippen LogP contribution in [-0.2, 0) is 0 Å². The average Bonchev–Trinajstić information content (AvgIpc) is 2.93. The van der Waals surface area contributed by atoms with Crippen LogP contribution < -0.4 is 5.32 Å². The van der Waals surface area contributed by atoms with Gasteiger partial charge in [0.15, 0.2) is 0 Å². The number of hydrogen-bond donors (Lipinski definition) is 1. The monoisotopic (exact) mass is 291 g/mol. The molecule has 1 atom stereocenters. The highest BCUT2D eigenvalue weighted by molar-refractivity contribution is 7.99. The van der Waals surface area contributed by atoms with Gasteiger partial charge in [0.1, 0.15) is 0 Å². The first-order chi connectivity index (χ1) is 9.27. The lowest BCUT2D eigenvalue weighted by molar-refractivity contribution is 0.429. The first-order valence-electron chi connectivity index (χ1n) is 6.72. The molecule has 3 heteroatoms. The molecule has 1 aromatic carbocycles. The van der Waals surface area contributed by atoms with Crippen molar-refractivity contribution in [2.45, 2.75) is 24.8 Å². The summed E-state index contributed by atoms with van der Waals surface area (Å²) in [6, 6.07) is 15.4. The fraction of sp³-hybridized carbons (Fsp3) is 0.375. The normalized spacial score (nSPS) is 12.8. The summed E-state index contributed by atoms with van der Waals surface area (Å²) in [5.74, 6) is 1.74. The van der Waals surface area contributed by atoms with Crippen molar-refractivity contribution in [1.29, 1.82) is 0 Å². The molecule has 0 bridgehead atoms. The molecule has 0 amide bonds. The Morgan fingerprint density at radius 3 is 2.53 bits per heavy atom. The van der Waals surface area contributed by atoms with Gasteiger partial charge < -0.3 is 5.32 Å². The van der Waals surface area contributed by atoms with Gasteiger partial charge in [0, 0.05) is 28.1 Å². The molecule has 1 nitrogen and oxygen atoms in total. The Morgan fingerprint density at radius 2 is 1.89 bits per heavy atom. The predicted octanol–water partition coefficient (Wildman–Crippen LogP) is 4.83. The molecule has 1 aromatic heterocycles. The van der Waals surface area contributed by atoms with Gasteiger partial charge in [0.25, 0.3) is 0 Å². The highest BCUT2D eigenvalue weighted by Gasteiger charge is 2.15. The van der Waals surface area contributed by atoms with Crippen LogP contribution in [0.4, 0.5) is 0 Å². The van der Waals surface area contributed by atoms with Crippen LogP contribution in [-0.4, -0.2) is 12.3 Å². The van der Waals surface area contributed by atoms with Gasteiger partial charge in [0.2, 0.25) is 0 Å². The smallest absolute Gasteiger partial charge is 0.0438 e. The average molecular weight is 291 g/mol. The summed E-state index contributed by atoms with van der Waals surface area (Å²) in [7, 11) is 0. The molecule has 0 saturated carbocycles. The maximum atomic E-state index is 3.68. The van der Waals surface area contributed by atoms with Crippen LogP contribution in [0.5, 0.6) is 0 Å². The largest absolute Gasteiger partial charge is 0.308 e. The van der Waals surface area contributed by atoms with E-state index in [1.807, 2.05) is 23.1 Å². The molecule has 102 valence electrons. The Labute approximate surface area is 124 Å². The van der Waals surface area contributed by atoms with Crippen molar-refractivity contribution in [3.8, 4) is 0 Å². The van der Waals surface area contributed by atoms with E-state index in [0.717, 1.165) is 12.3 Å². The second kappa shape index (κ2) is 7.73. The number of rotatable bonds is 7. The fourth-order valence-corrected chi connectivity index (χ4v) is 3.81. The predicted molar refractivity (Wildman–Crippen MR) is 87.1 cm³/mol. The zero-order valence-corrected chi connectivity index (χ0v) is 13.1. The van der Waals surface area contributed by atoms with Crippen molar-refractivity contribution in [2.24, 2.45) is 5.92 Å². The fourth-order valence-electron chi connectivity index (χ4n) is 2.03. The Kier molecular flexibility index (Phi) is 5.95. The molecule has 19 heavy (non-hydrogen) atoms. The number of thioether (sulfide) groups is 1. The van der Waals surface area contributed by atoms with E-state index in [-0.39, 0.29) is 0 Å². The van der Waals surface area contributed by atoms with Gasteiger partial charge in [-0.25, -0.2) is 0 Å². The minimum Gasteiger partial charge on any atom is -0.308 e. The third-order valence-electron chi connectivity index (χ3n) is 2.99. The topological polar surface area (TPSA) is 12.0 Å². The maximum Gasteiger partial charge on any atom is 0.0438 e. The summed E-state index contributed by atoms with van der Waals surface area (Å²) < 4.78 is 0. The molecular formula is C16H21NS2. The summed E-state index contributed by atoms with van der Waals surface area (Å²) in [5.41, 5.74) is 0. The van der Waals surface area contributed by atoms with Crippen LogP contribution in [0.2, 0.25) is 0 Å². The second-order valence-corrected chi connectivity index (χ2v) is 7.00. The minimum absolute atomic E-state index is 0.483. The van der Waals surface area contributed by atoms with Gasteiger partial charge in [0.05, 0.1) is 0 Å².